The Morgan fingerprint density at radius 2 is 1.82 bits per heavy atom. The normalized spacial score (nSPS) is 10.9. The number of hydrogen-bond donors (Lipinski definition) is 1. The largest absolute Gasteiger partial charge is 0.399 e. The Kier molecular flexibility index (Phi) is 2.08. The van der Waals surface area contributed by atoms with Gasteiger partial charge in [-0.2, -0.15) is 0 Å². The zero-order chi connectivity index (χ0) is 11.8. The van der Waals surface area contributed by atoms with Crippen molar-refractivity contribution >= 4 is 11.3 Å². The quantitative estimate of drug-likeness (QED) is 0.645. The fraction of sp³-hybridized carbons (Fsp3) is 0.0769. The van der Waals surface area contributed by atoms with E-state index in [9.17, 15) is 0 Å². The number of benzene rings is 1. The number of aromatic nitrogens is 3. The molecule has 0 saturated carbocycles. The second-order valence-corrected chi connectivity index (χ2v) is 4.03. The van der Waals surface area contributed by atoms with Crippen LogP contribution < -0.4 is 5.73 Å². The molecule has 0 amide bonds. The molecule has 0 aliphatic carbocycles. The third-order valence-corrected chi connectivity index (χ3v) is 2.80. The van der Waals surface area contributed by atoms with E-state index >= 15 is 0 Å². The Morgan fingerprint density at radius 3 is 2.59 bits per heavy atom. The van der Waals surface area contributed by atoms with Gasteiger partial charge in [-0.3, -0.25) is 4.40 Å². The van der Waals surface area contributed by atoms with E-state index in [1.807, 2.05) is 53.9 Å². The highest BCUT2D eigenvalue weighted by Crippen LogP contribution is 2.20. The lowest BCUT2D eigenvalue weighted by atomic mass is 10.2. The van der Waals surface area contributed by atoms with E-state index in [-0.39, 0.29) is 0 Å². The average Bonchev–Trinajstić information content (AvgIpc) is 2.75. The van der Waals surface area contributed by atoms with Gasteiger partial charge in [0.25, 0.3) is 0 Å². The Hall–Kier alpha value is -2.36. The van der Waals surface area contributed by atoms with Gasteiger partial charge in [0.05, 0.1) is 0 Å². The summed E-state index contributed by atoms with van der Waals surface area (Å²) in [6.45, 7) is 2.02. The standard InChI is InChI=1S/C13H12N4/c1-9-3-2-8-17-12(9)15-16-13(17)10-4-6-11(14)7-5-10/h2-8H,14H2,1H3. The number of pyridine rings is 1. The monoisotopic (exact) mass is 224 g/mol. The summed E-state index contributed by atoms with van der Waals surface area (Å²) in [5.74, 6) is 0.837. The Morgan fingerprint density at radius 1 is 1.06 bits per heavy atom. The van der Waals surface area contributed by atoms with Crippen molar-refractivity contribution in [3.63, 3.8) is 0 Å². The number of aryl methyl sites for hydroxylation is 1. The summed E-state index contributed by atoms with van der Waals surface area (Å²) in [4.78, 5) is 0. The summed E-state index contributed by atoms with van der Waals surface area (Å²) in [5, 5.41) is 8.43. The zero-order valence-corrected chi connectivity index (χ0v) is 9.46. The van der Waals surface area contributed by atoms with Crippen molar-refractivity contribution in [1.29, 1.82) is 0 Å². The van der Waals surface area contributed by atoms with Crippen LogP contribution in [0.15, 0.2) is 42.6 Å². The van der Waals surface area contributed by atoms with Crippen LogP contribution in [-0.4, -0.2) is 14.6 Å². The van der Waals surface area contributed by atoms with Gasteiger partial charge in [-0.15, -0.1) is 10.2 Å². The third kappa shape index (κ3) is 1.54. The van der Waals surface area contributed by atoms with Gasteiger partial charge in [0.2, 0.25) is 0 Å². The molecule has 84 valence electrons. The smallest absolute Gasteiger partial charge is 0.168 e. The van der Waals surface area contributed by atoms with Crippen LogP contribution in [0.25, 0.3) is 17.0 Å². The maximum absolute atomic E-state index is 5.67. The van der Waals surface area contributed by atoms with Crippen LogP contribution in [-0.2, 0) is 0 Å². The second-order valence-electron chi connectivity index (χ2n) is 4.03. The van der Waals surface area contributed by atoms with E-state index in [0.717, 1.165) is 28.3 Å². The van der Waals surface area contributed by atoms with Crippen molar-refractivity contribution in [2.24, 2.45) is 0 Å². The van der Waals surface area contributed by atoms with Gasteiger partial charge in [-0.05, 0) is 42.8 Å². The van der Waals surface area contributed by atoms with Crippen molar-refractivity contribution in [3.8, 4) is 11.4 Å². The molecule has 0 radical (unpaired) electrons. The molecule has 2 aromatic heterocycles. The van der Waals surface area contributed by atoms with Gasteiger partial charge in [0.1, 0.15) is 0 Å². The summed E-state index contributed by atoms with van der Waals surface area (Å²) in [5.41, 5.74) is 9.44. The van der Waals surface area contributed by atoms with Crippen molar-refractivity contribution in [3.05, 3.63) is 48.2 Å². The fourth-order valence-electron chi connectivity index (χ4n) is 1.88. The van der Waals surface area contributed by atoms with E-state index in [1.165, 1.54) is 0 Å². The molecular formula is C13H12N4. The Labute approximate surface area is 98.7 Å². The van der Waals surface area contributed by atoms with Gasteiger partial charge < -0.3 is 5.73 Å². The first-order chi connectivity index (χ1) is 8.25. The number of hydrogen-bond acceptors (Lipinski definition) is 3. The molecule has 17 heavy (non-hydrogen) atoms. The third-order valence-electron chi connectivity index (χ3n) is 2.80. The molecule has 0 atom stereocenters. The highest BCUT2D eigenvalue weighted by atomic mass is 15.2. The minimum atomic E-state index is 0.749. The molecule has 2 N–H and O–H groups in total. The highest BCUT2D eigenvalue weighted by molar-refractivity contribution is 5.63. The number of rotatable bonds is 1. The summed E-state index contributed by atoms with van der Waals surface area (Å²) >= 11 is 0. The molecule has 0 aliphatic heterocycles. The maximum atomic E-state index is 5.67. The van der Waals surface area contributed by atoms with Crippen molar-refractivity contribution in [2.45, 2.75) is 6.92 Å². The number of nitrogens with two attached hydrogens (primary N) is 1. The van der Waals surface area contributed by atoms with Crippen LogP contribution in [0, 0.1) is 6.92 Å². The Bertz CT molecular complexity index is 667. The lowest BCUT2D eigenvalue weighted by Gasteiger charge is -2.01. The molecule has 3 rings (SSSR count). The number of fused-ring (bicyclic) bond motifs is 1. The SMILES string of the molecule is Cc1cccn2c(-c3ccc(N)cc3)nnc12. The van der Waals surface area contributed by atoms with Gasteiger partial charge >= 0.3 is 0 Å². The van der Waals surface area contributed by atoms with Crippen LogP contribution in [0.4, 0.5) is 5.69 Å². The molecule has 0 bridgehead atoms. The lowest BCUT2D eigenvalue weighted by Crippen LogP contribution is -1.91. The molecule has 0 spiro atoms. The lowest BCUT2D eigenvalue weighted by molar-refractivity contribution is 1.11. The van der Waals surface area contributed by atoms with Crippen LogP contribution in [0.1, 0.15) is 5.56 Å². The summed E-state index contributed by atoms with van der Waals surface area (Å²) in [6, 6.07) is 11.7. The van der Waals surface area contributed by atoms with Crippen molar-refractivity contribution in [2.75, 3.05) is 5.73 Å². The van der Waals surface area contributed by atoms with E-state index in [1.54, 1.807) is 0 Å². The molecule has 0 saturated heterocycles. The first-order valence-corrected chi connectivity index (χ1v) is 5.42. The fourth-order valence-corrected chi connectivity index (χ4v) is 1.88. The van der Waals surface area contributed by atoms with E-state index < -0.39 is 0 Å². The van der Waals surface area contributed by atoms with Gasteiger partial charge in [0.15, 0.2) is 11.5 Å². The van der Waals surface area contributed by atoms with Crippen molar-refractivity contribution < 1.29 is 0 Å². The molecular weight excluding hydrogens is 212 g/mol. The van der Waals surface area contributed by atoms with E-state index in [2.05, 4.69) is 10.2 Å². The van der Waals surface area contributed by atoms with Gasteiger partial charge in [-0.1, -0.05) is 6.07 Å². The number of nitrogens with zero attached hydrogens (tertiary/aromatic N) is 3. The molecule has 4 heteroatoms. The molecule has 0 aliphatic rings. The molecule has 4 nitrogen and oxygen atoms in total. The van der Waals surface area contributed by atoms with Crippen LogP contribution in [0.3, 0.4) is 0 Å². The maximum Gasteiger partial charge on any atom is 0.168 e. The topological polar surface area (TPSA) is 56.2 Å². The van der Waals surface area contributed by atoms with Gasteiger partial charge in [-0.25, -0.2) is 0 Å². The number of nitrogen functional groups attached to an aromatic ring is 1. The van der Waals surface area contributed by atoms with E-state index in [0.29, 0.717) is 0 Å². The predicted octanol–water partition coefficient (Wildman–Crippen LogP) is 2.29. The van der Waals surface area contributed by atoms with Crippen LogP contribution >= 0.6 is 0 Å². The molecule has 0 unspecified atom stereocenters. The minimum absolute atomic E-state index is 0.749. The van der Waals surface area contributed by atoms with Crippen molar-refractivity contribution in [1.82, 2.24) is 14.6 Å². The zero-order valence-electron chi connectivity index (χ0n) is 9.46. The first kappa shape index (κ1) is 9.84. The van der Waals surface area contributed by atoms with Crippen LogP contribution in [0.2, 0.25) is 0 Å². The summed E-state index contributed by atoms with van der Waals surface area (Å²) in [6.07, 6.45) is 1.97. The summed E-state index contributed by atoms with van der Waals surface area (Å²) < 4.78 is 1.99. The van der Waals surface area contributed by atoms with Crippen LogP contribution in [0.5, 0.6) is 0 Å². The second kappa shape index (κ2) is 3.59. The molecule has 0 fully saturated rings. The average molecular weight is 224 g/mol. The van der Waals surface area contributed by atoms with Gasteiger partial charge in [0, 0.05) is 17.4 Å². The minimum Gasteiger partial charge on any atom is -0.399 e. The van der Waals surface area contributed by atoms with E-state index in [4.69, 9.17) is 5.73 Å². The summed E-state index contributed by atoms with van der Waals surface area (Å²) in [7, 11) is 0. The molecule has 3 aromatic rings. The number of anilines is 1. The molecule has 1 aromatic carbocycles. The molecule has 2 heterocycles. The highest BCUT2D eigenvalue weighted by Gasteiger charge is 2.08. The first-order valence-electron chi connectivity index (χ1n) is 5.42. The Balaban J connectivity index is 2.24. The predicted molar refractivity (Wildman–Crippen MR) is 67.6 cm³/mol.